The van der Waals surface area contributed by atoms with Crippen LogP contribution in [0.25, 0.3) is 0 Å². The van der Waals surface area contributed by atoms with Gasteiger partial charge in [0.2, 0.25) is 0 Å². The number of hydrogen-bond acceptors (Lipinski definition) is 2. The van der Waals surface area contributed by atoms with E-state index in [1.807, 2.05) is 12.1 Å². The van der Waals surface area contributed by atoms with E-state index in [1.165, 1.54) is 12.1 Å². The summed E-state index contributed by atoms with van der Waals surface area (Å²) in [7, 11) is 0. The third-order valence-electron chi connectivity index (χ3n) is 2.66. The number of carbonyl (C=O) groups excluding carboxylic acids is 1. The number of benzene rings is 2. The number of halogens is 3. The van der Waals surface area contributed by atoms with E-state index in [0.717, 1.165) is 5.56 Å². The molecule has 0 aliphatic rings. The maximum Gasteiger partial charge on any atom is 0.251 e. The fourth-order valence-electron chi connectivity index (χ4n) is 1.67. The van der Waals surface area contributed by atoms with Crippen molar-refractivity contribution in [1.82, 2.24) is 5.32 Å². The maximum absolute atomic E-state index is 12.0. The summed E-state index contributed by atoms with van der Waals surface area (Å²) in [6, 6.07) is 10.2. The van der Waals surface area contributed by atoms with Gasteiger partial charge in [-0.2, -0.15) is 0 Å². The largest absolute Gasteiger partial charge is 0.397 e. The van der Waals surface area contributed by atoms with Gasteiger partial charge in [-0.3, -0.25) is 4.79 Å². The quantitative estimate of drug-likeness (QED) is 0.831. The average Bonchev–Trinajstić information content (AvgIpc) is 2.41. The van der Waals surface area contributed by atoms with Crippen LogP contribution in [-0.2, 0) is 6.54 Å². The van der Waals surface area contributed by atoms with Gasteiger partial charge in [-0.15, -0.1) is 0 Å². The van der Waals surface area contributed by atoms with Gasteiger partial charge in [-0.1, -0.05) is 46.9 Å². The molecule has 3 nitrogen and oxygen atoms in total. The molecule has 6 heteroatoms. The average molecular weight is 330 g/mol. The second-order valence-corrected chi connectivity index (χ2v) is 5.40. The number of carbonyl (C=O) groups is 1. The van der Waals surface area contributed by atoms with E-state index in [2.05, 4.69) is 5.32 Å². The highest BCUT2D eigenvalue weighted by Crippen LogP contribution is 2.29. The van der Waals surface area contributed by atoms with Gasteiger partial charge in [0.1, 0.15) is 0 Å². The first-order valence-corrected chi connectivity index (χ1v) is 6.88. The van der Waals surface area contributed by atoms with Crippen LogP contribution in [0.4, 0.5) is 5.69 Å². The topological polar surface area (TPSA) is 55.1 Å². The number of rotatable bonds is 3. The van der Waals surface area contributed by atoms with E-state index in [0.29, 0.717) is 17.1 Å². The summed E-state index contributed by atoms with van der Waals surface area (Å²) < 4.78 is 0. The van der Waals surface area contributed by atoms with Crippen LogP contribution < -0.4 is 11.1 Å². The van der Waals surface area contributed by atoms with Crippen molar-refractivity contribution in [1.29, 1.82) is 0 Å². The number of amides is 1. The minimum absolute atomic E-state index is 0.248. The number of nitrogens with two attached hydrogens (primary N) is 1. The minimum Gasteiger partial charge on any atom is -0.397 e. The summed E-state index contributed by atoms with van der Waals surface area (Å²) in [5, 5.41) is 3.88. The van der Waals surface area contributed by atoms with Crippen LogP contribution in [0.2, 0.25) is 15.1 Å². The Morgan fingerprint density at radius 3 is 2.55 bits per heavy atom. The van der Waals surface area contributed by atoms with Gasteiger partial charge in [0.15, 0.2) is 0 Å². The summed E-state index contributed by atoms with van der Waals surface area (Å²) in [6.07, 6.45) is 0. The lowest BCUT2D eigenvalue weighted by atomic mass is 10.1. The maximum atomic E-state index is 12.0. The molecular formula is C14H11Cl3N2O. The molecule has 2 aromatic rings. The van der Waals surface area contributed by atoms with Crippen LogP contribution in [0, 0.1) is 0 Å². The predicted octanol–water partition coefficient (Wildman–Crippen LogP) is 4.16. The molecule has 0 aliphatic heterocycles. The Labute approximate surface area is 131 Å². The first-order chi connectivity index (χ1) is 9.47. The van der Waals surface area contributed by atoms with Crippen molar-refractivity contribution in [3.05, 3.63) is 62.6 Å². The molecule has 0 aliphatic carbocycles. The van der Waals surface area contributed by atoms with Crippen molar-refractivity contribution in [3.63, 3.8) is 0 Å². The lowest BCUT2D eigenvalue weighted by molar-refractivity contribution is 0.0951. The molecule has 0 atom stereocenters. The molecule has 104 valence electrons. The molecular weight excluding hydrogens is 319 g/mol. The third kappa shape index (κ3) is 3.57. The number of nitrogens with one attached hydrogen (secondary N) is 1. The fourth-order valence-corrected chi connectivity index (χ4v) is 2.22. The summed E-state index contributed by atoms with van der Waals surface area (Å²) in [6.45, 7) is 0.361. The lowest BCUT2D eigenvalue weighted by Crippen LogP contribution is -2.22. The first-order valence-electron chi connectivity index (χ1n) is 5.74. The molecule has 0 saturated carbocycles. The zero-order valence-electron chi connectivity index (χ0n) is 10.3. The van der Waals surface area contributed by atoms with Gasteiger partial charge >= 0.3 is 0 Å². The molecule has 1 amide bonds. The predicted molar refractivity (Wildman–Crippen MR) is 83.5 cm³/mol. The molecule has 0 aromatic heterocycles. The third-order valence-corrected chi connectivity index (χ3v) is 3.71. The Hall–Kier alpha value is -1.42. The number of nitrogen functional groups attached to an aromatic ring is 1. The molecule has 0 saturated heterocycles. The van der Waals surface area contributed by atoms with Gasteiger partial charge in [0.25, 0.3) is 5.91 Å². The molecule has 0 unspecified atom stereocenters. The van der Waals surface area contributed by atoms with Crippen LogP contribution in [0.3, 0.4) is 0 Å². The molecule has 20 heavy (non-hydrogen) atoms. The van der Waals surface area contributed by atoms with Crippen molar-refractivity contribution in [3.8, 4) is 0 Å². The Balaban J connectivity index is 2.09. The van der Waals surface area contributed by atoms with Crippen molar-refractivity contribution in [2.45, 2.75) is 6.54 Å². The van der Waals surface area contributed by atoms with Gasteiger partial charge in [0, 0.05) is 17.1 Å². The minimum atomic E-state index is -0.282. The fraction of sp³-hybridized carbons (Fsp3) is 0.0714. The van der Waals surface area contributed by atoms with Crippen molar-refractivity contribution >= 4 is 46.4 Å². The van der Waals surface area contributed by atoms with E-state index >= 15 is 0 Å². The van der Waals surface area contributed by atoms with E-state index in [-0.39, 0.29) is 21.6 Å². The highest BCUT2D eigenvalue weighted by molar-refractivity contribution is 6.43. The van der Waals surface area contributed by atoms with Gasteiger partial charge in [-0.05, 0) is 29.8 Å². The smallest absolute Gasteiger partial charge is 0.251 e. The SMILES string of the molecule is Nc1cc(C(=O)NCc2cccc(Cl)c2)cc(Cl)c1Cl. The zero-order chi connectivity index (χ0) is 14.7. The van der Waals surface area contributed by atoms with E-state index in [4.69, 9.17) is 40.5 Å². The van der Waals surface area contributed by atoms with Crippen LogP contribution in [0.5, 0.6) is 0 Å². The van der Waals surface area contributed by atoms with Crippen LogP contribution in [0.15, 0.2) is 36.4 Å². The highest BCUT2D eigenvalue weighted by atomic mass is 35.5. The zero-order valence-corrected chi connectivity index (χ0v) is 12.6. The van der Waals surface area contributed by atoms with E-state index < -0.39 is 0 Å². The Morgan fingerprint density at radius 2 is 1.90 bits per heavy atom. The van der Waals surface area contributed by atoms with Gasteiger partial charge < -0.3 is 11.1 Å². The molecule has 0 radical (unpaired) electrons. The summed E-state index contributed by atoms with van der Waals surface area (Å²) in [5.41, 5.74) is 7.20. The lowest BCUT2D eigenvalue weighted by Gasteiger charge is -2.08. The highest BCUT2D eigenvalue weighted by Gasteiger charge is 2.11. The molecule has 0 bridgehead atoms. The van der Waals surface area contributed by atoms with Crippen LogP contribution in [-0.4, -0.2) is 5.91 Å². The van der Waals surface area contributed by atoms with Crippen molar-refractivity contribution in [2.24, 2.45) is 0 Å². The molecule has 0 heterocycles. The molecule has 2 rings (SSSR count). The van der Waals surface area contributed by atoms with Crippen molar-refractivity contribution in [2.75, 3.05) is 5.73 Å². The monoisotopic (exact) mass is 328 g/mol. The first kappa shape index (κ1) is 15.0. The standard InChI is InChI=1S/C14H11Cl3N2O/c15-10-3-1-2-8(4-10)7-19-14(20)9-5-11(16)13(17)12(18)6-9/h1-6H,7,18H2,(H,19,20). The van der Waals surface area contributed by atoms with E-state index in [1.54, 1.807) is 12.1 Å². The number of anilines is 1. The van der Waals surface area contributed by atoms with E-state index in [9.17, 15) is 4.79 Å². The molecule has 3 N–H and O–H groups in total. The van der Waals surface area contributed by atoms with Crippen LogP contribution in [0.1, 0.15) is 15.9 Å². The molecule has 0 fully saturated rings. The Morgan fingerprint density at radius 1 is 1.15 bits per heavy atom. The number of hydrogen-bond donors (Lipinski definition) is 2. The molecule has 0 spiro atoms. The van der Waals surface area contributed by atoms with Gasteiger partial charge in [0.05, 0.1) is 15.7 Å². The summed E-state index contributed by atoms with van der Waals surface area (Å²) in [5.74, 6) is -0.282. The van der Waals surface area contributed by atoms with Gasteiger partial charge in [-0.25, -0.2) is 0 Å². The van der Waals surface area contributed by atoms with Crippen LogP contribution >= 0.6 is 34.8 Å². The molecule has 2 aromatic carbocycles. The Kier molecular flexibility index (Phi) is 4.76. The van der Waals surface area contributed by atoms with Crippen molar-refractivity contribution < 1.29 is 4.79 Å². The second kappa shape index (κ2) is 6.35. The normalized spacial score (nSPS) is 10.3. The summed E-state index contributed by atoms with van der Waals surface area (Å²) >= 11 is 17.6. The Bertz CT molecular complexity index is 636. The second-order valence-electron chi connectivity index (χ2n) is 4.17. The summed E-state index contributed by atoms with van der Waals surface area (Å²) in [4.78, 5) is 12.0.